The van der Waals surface area contributed by atoms with Gasteiger partial charge in [0.25, 0.3) is 0 Å². The number of nitrogens with zero attached hydrogens (tertiary/aromatic N) is 3. The molecule has 0 amide bonds. The maximum Gasteiger partial charge on any atom is 0.0995 e. The molecule has 0 aromatic heterocycles. The van der Waals surface area contributed by atoms with Crippen LogP contribution in [0.1, 0.15) is 52.0 Å². The van der Waals surface area contributed by atoms with Crippen LogP contribution in [0, 0.1) is 11.3 Å². The summed E-state index contributed by atoms with van der Waals surface area (Å²) in [6.07, 6.45) is 4.37. The Balaban J connectivity index is 2.88. The molecular weight excluding hydrogens is 302 g/mol. The summed E-state index contributed by atoms with van der Waals surface area (Å²) in [6, 6.07) is 7.45. The highest BCUT2D eigenvalue weighted by Gasteiger charge is 2.20. The smallest absolute Gasteiger partial charge is 0.0995 e. The van der Waals surface area contributed by atoms with Crippen LogP contribution in [0.2, 0.25) is 0 Å². The Kier molecular flexibility index (Phi) is 6.17. The molecule has 0 N–H and O–H groups in total. The van der Waals surface area contributed by atoms with Crippen LogP contribution in [0.15, 0.2) is 32.9 Å². The van der Waals surface area contributed by atoms with Gasteiger partial charge in [-0.15, -0.1) is 0 Å². The molecule has 102 valence electrons. The first-order valence-electron chi connectivity index (χ1n) is 6.67. The van der Waals surface area contributed by atoms with Crippen LogP contribution < -0.4 is 0 Å². The molecule has 0 aliphatic carbocycles. The van der Waals surface area contributed by atoms with E-state index < -0.39 is 0 Å². The first-order valence-corrected chi connectivity index (χ1v) is 7.46. The molecule has 0 fully saturated rings. The first-order chi connectivity index (χ1) is 9.04. The number of nitriles is 1. The van der Waals surface area contributed by atoms with Gasteiger partial charge < -0.3 is 0 Å². The first kappa shape index (κ1) is 15.8. The van der Waals surface area contributed by atoms with Gasteiger partial charge in [-0.25, -0.2) is 0 Å². The van der Waals surface area contributed by atoms with Gasteiger partial charge in [0.2, 0.25) is 0 Å². The number of halogens is 1. The average molecular weight is 322 g/mol. The molecule has 1 rings (SSSR count). The van der Waals surface area contributed by atoms with E-state index in [0.717, 1.165) is 29.4 Å². The third-order valence-corrected chi connectivity index (χ3v) is 3.94. The van der Waals surface area contributed by atoms with Crippen LogP contribution in [-0.2, 0) is 0 Å². The lowest BCUT2D eigenvalue weighted by atomic mass is 9.93. The molecule has 3 nitrogen and oxygen atoms in total. The van der Waals surface area contributed by atoms with Gasteiger partial charge in [0.1, 0.15) is 0 Å². The van der Waals surface area contributed by atoms with Gasteiger partial charge in [-0.1, -0.05) is 26.7 Å². The fourth-order valence-corrected chi connectivity index (χ4v) is 2.15. The van der Waals surface area contributed by atoms with Crippen molar-refractivity contribution in [1.29, 1.82) is 5.26 Å². The van der Waals surface area contributed by atoms with Crippen molar-refractivity contribution in [2.45, 2.75) is 52.0 Å². The average Bonchev–Trinajstić information content (AvgIpc) is 2.43. The standard InChI is InChI=1S/C15H20BrN3/c1-4-6-9-15(3,5-2)19-18-14-8-7-12(11-17)10-13(14)16/h7-8,10H,4-6,9H2,1-3H3. The van der Waals surface area contributed by atoms with Gasteiger partial charge in [0.05, 0.1) is 22.9 Å². The number of azo groups is 1. The molecule has 1 atom stereocenters. The van der Waals surface area contributed by atoms with E-state index in [2.05, 4.69) is 53.0 Å². The van der Waals surface area contributed by atoms with Crippen molar-refractivity contribution < 1.29 is 0 Å². The van der Waals surface area contributed by atoms with Crippen LogP contribution in [0.4, 0.5) is 5.69 Å². The molecule has 1 unspecified atom stereocenters. The summed E-state index contributed by atoms with van der Waals surface area (Å²) in [4.78, 5) is 0. The zero-order valence-electron chi connectivity index (χ0n) is 11.8. The Hall–Kier alpha value is -1.21. The molecule has 0 aliphatic rings. The molecule has 0 heterocycles. The molecule has 1 aromatic carbocycles. The molecule has 0 aliphatic heterocycles. The highest BCUT2D eigenvalue weighted by Crippen LogP contribution is 2.30. The van der Waals surface area contributed by atoms with Crippen LogP contribution in [0.5, 0.6) is 0 Å². The summed E-state index contributed by atoms with van der Waals surface area (Å²) in [6.45, 7) is 6.47. The van der Waals surface area contributed by atoms with Gasteiger partial charge >= 0.3 is 0 Å². The van der Waals surface area contributed by atoms with Gasteiger partial charge in [-0.05, 0) is 53.9 Å². The molecule has 0 bridgehead atoms. The summed E-state index contributed by atoms with van der Waals surface area (Å²) in [5, 5.41) is 17.7. The molecule has 1 aromatic rings. The second-order valence-corrected chi connectivity index (χ2v) is 5.79. The predicted octanol–water partition coefficient (Wildman–Crippen LogP) is 5.76. The largest absolute Gasteiger partial charge is 0.192 e. The van der Waals surface area contributed by atoms with Crippen molar-refractivity contribution in [3.8, 4) is 6.07 Å². The van der Waals surface area contributed by atoms with E-state index in [0.29, 0.717) is 5.56 Å². The summed E-state index contributed by atoms with van der Waals surface area (Å²) in [5.41, 5.74) is 1.30. The van der Waals surface area contributed by atoms with Crippen molar-refractivity contribution in [3.63, 3.8) is 0 Å². The van der Waals surface area contributed by atoms with Crippen molar-refractivity contribution in [2.75, 3.05) is 0 Å². The zero-order chi connectivity index (χ0) is 14.3. The molecule has 0 saturated carbocycles. The van der Waals surface area contributed by atoms with Gasteiger partial charge in [0, 0.05) is 4.47 Å². The highest BCUT2D eigenvalue weighted by molar-refractivity contribution is 9.10. The minimum absolute atomic E-state index is 0.0939. The van der Waals surface area contributed by atoms with Crippen LogP contribution in [0.3, 0.4) is 0 Å². The Morgan fingerprint density at radius 1 is 1.37 bits per heavy atom. The van der Waals surface area contributed by atoms with E-state index in [1.807, 2.05) is 6.07 Å². The minimum Gasteiger partial charge on any atom is -0.192 e. The van der Waals surface area contributed by atoms with Crippen LogP contribution in [0.25, 0.3) is 0 Å². The van der Waals surface area contributed by atoms with Crippen molar-refractivity contribution in [1.82, 2.24) is 0 Å². The second-order valence-electron chi connectivity index (χ2n) is 4.93. The van der Waals surface area contributed by atoms with Gasteiger partial charge in [-0.2, -0.15) is 15.5 Å². The number of unbranched alkanes of at least 4 members (excludes halogenated alkanes) is 1. The lowest BCUT2D eigenvalue weighted by Crippen LogP contribution is -2.19. The normalized spacial score (nSPS) is 14.3. The molecule has 0 saturated heterocycles. The quantitative estimate of drug-likeness (QED) is 0.614. The molecule has 0 spiro atoms. The highest BCUT2D eigenvalue weighted by atomic mass is 79.9. The summed E-state index contributed by atoms with van der Waals surface area (Å²) in [5.74, 6) is 0. The lowest BCUT2D eigenvalue weighted by molar-refractivity contribution is 0.390. The number of hydrogen-bond acceptors (Lipinski definition) is 3. The number of benzene rings is 1. The van der Waals surface area contributed by atoms with Crippen molar-refractivity contribution in [2.24, 2.45) is 10.2 Å². The SMILES string of the molecule is CCCCC(C)(CC)N=Nc1ccc(C#N)cc1Br. The van der Waals surface area contributed by atoms with Gasteiger partial charge in [-0.3, -0.25) is 0 Å². The van der Waals surface area contributed by atoms with Crippen LogP contribution in [-0.4, -0.2) is 5.54 Å². The van der Waals surface area contributed by atoms with Crippen molar-refractivity contribution in [3.05, 3.63) is 28.2 Å². The zero-order valence-corrected chi connectivity index (χ0v) is 13.4. The Morgan fingerprint density at radius 3 is 2.63 bits per heavy atom. The summed E-state index contributed by atoms with van der Waals surface area (Å²) >= 11 is 3.43. The topological polar surface area (TPSA) is 48.5 Å². The van der Waals surface area contributed by atoms with E-state index in [1.54, 1.807) is 12.1 Å². The van der Waals surface area contributed by atoms with E-state index >= 15 is 0 Å². The van der Waals surface area contributed by atoms with E-state index in [9.17, 15) is 0 Å². The molecular formula is C15H20BrN3. The molecule has 19 heavy (non-hydrogen) atoms. The summed E-state index contributed by atoms with van der Waals surface area (Å²) < 4.78 is 0.809. The molecule has 4 heteroatoms. The van der Waals surface area contributed by atoms with E-state index in [4.69, 9.17) is 5.26 Å². The predicted molar refractivity (Wildman–Crippen MR) is 81.6 cm³/mol. The Labute approximate surface area is 123 Å². The van der Waals surface area contributed by atoms with E-state index in [1.165, 1.54) is 6.42 Å². The molecule has 0 radical (unpaired) electrons. The summed E-state index contributed by atoms with van der Waals surface area (Å²) in [7, 11) is 0. The minimum atomic E-state index is -0.0939. The number of rotatable bonds is 6. The fourth-order valence-electron chi connectivity index (χ4n) is 1.69. The van der Waals surface area contributed by atoms with E-state index in [-0.39, 0.29) is 5.54 Å². The second kappa shape index (κ2) is 7.40. The van der Waals surface area contributed by atoms with Gasteiger partial charge in [0.15, 0.2) is 0 Å². The lowest BCUT2D eigenvalue weighted by Gasteiger charge is -2.21. The fraction of sp³-hybridized carbons (Fsp3) is 0.533. The maximum atomic E-state index is 8.82. The third kappa shape index (κ3) is 4.76. The Bertz CT molecular complexity index is 491. The van der Waals surface area contributed by atoms with Crippen molar-refractivity contribution >= 4 is 21.6 Å². The van der Waals surface area contributed by atoms with Crippen LogP contribution >= 0.6 is 15.9 Å². The monoisotopic (exact) mass is 321 g/mol. The number of hydrogen-bond donors (Lipinski definition) is 0. The maximum absolute atomic E-state index is 8.82. The third-order valence-electron chi connectivity index (χ3n) is 3.31. The Morgan fingerprint density at radius 2 is 2.11 bits per heavy atom.